The normalized spacial score (nSPS) is 11.4. The van der Waals surface area contributed by atoms with E-state index in [9.17, 15) is 0 Å². The van der Waals surface area contributed by atoms with Gasteiger partial charge in [0, 0.05) is 6.42 Å². The monoisotopic (exact) mass is 210 g/mol. The van der Waals surface area contributed by atoms with Crippen LogP contribution in [0.25, 0.3) is 11.0 Å². The molecule has 0 bridgehead atoms. The molecule has 0 aliphatic rings. The number of H-pyrrole nitrogens is 1. The number of nitrogens with zero attached hydrogens (tertiary/aromatic N) is 3. The van der Waals surface area contributed by atoms with Crippen molar-refractivity contribution in [3.05, 3.63) is 17.2 Å². The fourth-order valence-electron chi connectivity index (χ4n) is 1.36. The molecule has 0 aliphatic carbocycles. The second-order valence-electron chi connectivity index (χ2n) is 3.68. The number of hydrogen-bond acceptors (Lipinski definition) is 3. The Kier molecular flexibility index (Phi) is 2.37. The van der Waals surface area contributed by atoms with Crippen molar-refractivity contribution in [1.82, 2.24) is 20.2 Å². The molecule has 4 nitrogen and oxygen atoms in total. The van der Waals surface area contributed by atoms with Crippen LogP contribution in [0.4, 0.5) is 0 Å². The summed E-state index contributed by atoms with van der Waals surface area (Å²) in [5.41, 5.74) is 1.55. The van der Waals surface area contributed by atoms with Gasteiger partial charge < -0.3 is 4.98 Å². The minimum absolute atomic E-state index is 0.355. The summed E-state index contributed by atoms with van der Waals surface area (Å²) < 4.78 is 0. The van der Waals surface area contributed by atoms with Crippen molar-refractivity contribution in [2.24, 2.45) is 5.92 Å². The quantitative estimate of drug-likeness (QED) is 0.827. The summed E-state index contributed by atoms with van der Waals surface area (Å²) >= 11 is 5.85. The Morgan fingerprint density at radius 2 is 2.29 bits per heavy atom. The predicted octanol–water partition coefficient (Wildman–Crippen LogP) is 2.20. The Morgan fingerprint density at radius 3 is 2.93 bits per heavy atom. The number of rotatable bonds is 2. The third-order valence-electron chi connectivity index (χ3n) is 1.91. The van der Waals surface area contributed by atoms with Gasteiger partial charge in [0.25, 0.3) is 0 Å². The molecule has 0 spiro atoms. The molecule has 0 aromatic carbocycles. The fourth-order valence-corrected chi connectivity index (χ4v) is 1.54. The van der Waals surface area contributed by atoms with E-state index in [1.54, 1.807) is 6.20 Å². The van der Waals surface area contributed by atoms with Crippen LogP contribution in [0.15, 0.2) is 6.20 Å². The highest BCUT2D eigenvalue weighted by Crippen LogP contribution is 2.18. The Labute approximate surface area is 86.7 Å². The van der Waals surface area contributed by atoms with Crippen LogP contribution in [0.3, 0.4) is 0 Å². The zero-order valence-corrected chi connectivity index (χ0v) is 8.84. The second kappa shape index (κ2) is 3.53. The first-order valence-electron chi connectivity index (χ1n) is 4.52. The Balaban J connectivity index is 2.46. The molecule has 14 heavy (non-hydrogen) atoms. The molecule has 2 aromatic rings. The van der Waals surface area contributed by atoms with Crippen LogP contribution >= 0.6 is 11.6 Å². The molecule has 2 heterocycles. The summed E-state index contributed by atoms with van der Waals surface area (Å²) in [7, 11) is 0. The Morgan fingerprint density at radius 1 is 1.50 bits per heavy atom. The van der Waals surface area contributed by atoms with Crippen molar-refractivity contribution >= 4 is 22.6 Å². The van der Waals surface area contributed by atoms with Crippen LogP contribution in [-0.4, -0.2) is 20.2 Å². The zero-order valence-electron chi connectivity index (χ0n) is 8.08. The molecule has 0 aliphatic heterocycles. The van der Waals surface area contributed by atoms with Gasteiger partial charge >= 0.3 is 0 Å². The van der Waals surface area contributed by atoms with Crippen LogP contribution in [0.2, 0.25) is 5.15 Å². The van der Waals surface area contributed by atoms with Crippen molar-refractivity contribution in [3.8, 4) is 0 Å². The number of aromatic amines is 1. The van der Waals surface area contributed by atoms with E-state index in [2.05, 4.69) is 34.0 Å². The van der Waals surface area contributed by atoms with E-state index in [-0.39, 0.29) is 0 Å². The lowest BCUT2D eigenvalue weighted by molar-refractivity contribution is 0.627. The third-order valence-corrected chi connectivity index (χ3v) is 2.16. The molecule has 0 unspecified atom stereocenters. The third kappa shape index (κ3) is 1.70. The van der Waals surface area contributed by atoms with E-state index < -0.39 is 0 Å². The van der Waals surface area contributed by atoms with Gasteiger partial charge in [-0.1, -0.05) is 25.4 Å². The van der Waals surface area contributed by atoms with Crippen molar-refractivity contribution in [1.29, 1.82) is 0 Å². The average Bonchev–Trinajstić information content (AvgIpc) is 2.47. The molecule has 0 atom stereocenters. The van der Waals surface area contributed by atoms with Gasteiger partial charge in [0.05, 0.1) is 11.7 Å². The van der Waals surface area contributed by atoms with E-state index in [1.165, 1.54) is 0 Å². The molecule has 1 N–H and O–H groups in total. The van der Waals surface area contributed by atoms with Gasteiger partial charge in [0.2, 0.25) is 0 Å². The molecule has 0 saturated carbocycles. The standard InChI is InChI=1S/C9H11ClN4/c1-5(2)3-7-12-6-4-11-14-9(10)8(6)13-7/h4-5H,3H2,1-2H3,(H,12,13). The molecule has 74 valence electrons. The number of hydrogen-bond donors (Lipinski definition) is 1. The topological polar surface area (TPSA) is 54.5 Å². The van der Waals surface area contributed by atoms with Crippen LogP contribution in [-0.2, 0) is 6.42 Å². The minimum atomic E-state index is 0.355. The van der Waals surface area contributed by atoms with E-state index in [1.807, 2.05) is 0 Å². The Bertz CT molecular complexity index is 449. The molecule has 2 rings (SSSR count). The highest BCUT2D eigenvalue weighted by Gasteiger charge is 2.08. The van der Waals surface area contributed by atoms with Crippen LogP contribution in [0.1, 0.15) is 19.7 Å². The minimum Gasteiger partial charge on any atom is -0.341 e. The molecule has 0 amide bonds. The van der Waals surface area contributed by atoms with Crippen molar-refractivity contribution in [2.75, 3.05) is 0 Å². The summed E-state index contributed by atoms with van der Waals surface area (Å²) in [6, 6.07) is 0. The number of fused-ring (bicyclic) bond motifs is 1. The first-order chi connectivity index (χ1) is 6.66. The van der Waals surface area contributed by atoms with Gasteiger partial charge in [-0.05, 0) is 5.92 Å². The van der Waals surface area contributed by atoms with Gasteiger partial charge in [0.15, 0.2) is 5.15 Å². The maximum Gasteiger partial charge on any atom is 0.179 e. The van der Waals surface area contributed by atoms with Gasteiger partial charge in [-0.25, -0.2) is 4.98 Å². The number of halogens is 1. The van der Waals surface area contributed by atoms with Crippen LogP contribution < -0.4 is 0 Å². The number of imidazole rings is 1. The molecule has 0 fully saturated rings. The van der Waals surface area contributed by atoms with E-state index in [4.69, 9.17) is 11.6 Å². The maximum atomic E-state index is 5.85. The smallest absolute Gasteiger partial charge is 0.179 e. The van der Waals surface area contributed by atoms with Crippen LogP contribution in [0.5, 0.6) is 0 Å². The highest BCUT2D eigenvalue weighted by atomic mass is 35.5. The van der Waals surface area contributed by atoms with E-state index >= 15 is 0 Å². The number of nitrogens with one attached hydrogen (secondary N) is 1. The summed E-state index contributed by atoms with van der Waals surface area (Å²) in [6.07, 6.45) is 2.54. The van der Waals surface area contributed by atoms with Crippen molar-refractivity contribution in [3.63, 3.8) is 0 Å². The molecular formula is C9H11ClN4. The van der Waals surface area contributed by atoms with E-state index in [0.29, 0.717) is 16.6 Å². The molecule has 0 saturated heterocycles. The summed E-state index contributed by atoms with van der Waals surface area (Å²) in [5.74, 6) is 1.50. The molecular weight excluding hydrogens is 200 g/mol. The first-order valence-corrected chi connectivity index (χ1v) is 4.90. The predicted molar refractivity (Wildman–Crippen MR) is 55.2 cm³/mol. The van der Waals surface area contributed by atoms with E-state index in [0.717, 1.165) is 17.8 Å². The van der Waals surface area contributed by atoms with Crippen molar-refractivity contribution < 1.29 is 0 Å². The largest absolute Gasteiger partial charge is 0.341 e. The van der Waals surface area contributed by atoms with Gasteiger partial charge in [-0.15, -0.1) is 5.10 Å². The lowest BCUT2D eigenvalue weighted by atomic mass is 10.1. The molecule has 5 heteroatoms. The molecule has 2 aromatic heterocycles. The molecule has 0 radical (unpaired) electrons. The summed E-state index contributed by atoms with van der Waals surface area (Å²) in [6.45, 7) is 4.29. The average molecular weight is 211 g/mol. The maximum absolute atomic E-state index is 5.85. The highest BCUT2D eigenvalue weighted by molar-refractivity contribution is 6.33. The first kappa shape index (κ1) is 9.40. The van der Waals surface area contributed by atoms with Crippen LogP contribution in [0, 0.1) is 5.92 Å². The van der Waals surface area contributed by atoms with Crippen molar-refractivity contribution in [2.45, 2.75) is 20.3 Å². The SMILES string of the molecule is CC(C)Cc1nc2c(Cl)nncc2[nH]1. The summed E-state index contributed by atoms with van der Waals surface area (Å²) in [5, 5.41) is 7.84. The number of aromatic nitrogens is 4. The van der Waals surface area contributed by atoms with Gasteiger partial charge in [-0.3, -0.25) is 0 Å². The lowest BCUT2D eigenvalue weighted by Crippen LogP contribution is -1.95. The zero-order chi connectivity index (χ0) is 10.1. The fraction of sp³-hybridized carbons (Fsp3) is 0.444. The summed E-state index contributed by atoms with van der Waals surface area (Å²) in [4.78, 5) is 7.53. The van der Waals surface area contributed by atoms with Gasteiger partial charge in [-0.2, -0.15) is 5.10 Å². The Hall–Kier alpha value is -1.16. The second-order valence-corrected chi connectivity index (χ2v) is 4.04. The lowest BCUT2D eigenvalue weighted by Gasteiger charge is -1.98. The van der Waals surface area contributed by atoms with Gasteiger partial charge in [0.1, 0.15) is 11.3 Å².